The zero-order valence-electron chi connectivity index (χ0n) is 12.2. The second-order valence-electron chi connectivity index (χ2n) is 6.74. The first-order valence-corrected chi connectivity index (χ1v) is 9.23. The van der Waals surface area contributed by atoms with E-state index in [9.17, 15) is 13.5 Å². The Balaban J connectivity index is 1.97. The van der Waals surface area contributed by atoms with Crippen molar-refractivity contribution < 1.29 is 13.5 Å². The van der Waals surface area contributed by atoms with E-state index in [0.29, 0.717) is 24.3 Å². The van der Waals surface area contributed by atoms with E-state index in [2.05, 4.69) is 18.7 Å². The number of hydrogen-bond donors (Lipinski definition) is 1. The predicted octanol–water partition coefficient (Wildman–Crippen LogP) is 1.15. The number of aliphatic hydroxyl groups excluding tert-OH is 1. The quantitative estimate of drug-likeness (QED) is 0.828. The molecule has 0 amide bonds. The third-order valence-corrected chi connectivity index (χ3v) is 6.69. The highest BCUT2D eigenvalue weighted by atomic mass is 32.2. The van der Waals surface area contributed by atoms with Crippen molar-refractivity contribution in [2.45, 2.75) is 45.8 Å². The van der Waals surface area contributed by atoms with Crippen LogP contribution in [-0.2, 0) is 9.84 Å². The van der Waals surface area contributed by atoms with E-state index in [1.54, 1.807) is 0 Å². The monoisotopic (exact) mass is 289 g/mol. The van der Waals surface area contributed by atoms with E-state index in [-0.39, 0.29) is 23.7 Å². The molecule has 5 unspecified atom stereocenters. The number of aliphatic hydroxyl groups is 1. The minimum Gasteiger partial charge on any atom is -0.393 e. The number of hydrogen-bond acceptors (Lipinski definition) is 4. The van der Waals surface area contributed by atoms with E-state index < -0.39 is 9.84 Å². The fourth-order valence-corrected chi connectivity index (χ4v) is 5.37. The molecule has 2 aliphatic rings. The average molecular weight is 289 g/mol. The van der Waals surface area contributed by atoms with Crippen LogP contribution in [0.3, 0.4) is 0 Å². The van der Waals surface area contributed by atoms with Gasteiger partial charge in [0.25, 0.3) is 0 Å². The summed E-state index contributed by atoms with van der Waals surface area (Å²) in [6, 6.07) is 0.0810. The first kappa shape index (κ1) is 15.3. The van der Waals surface area contributed by atoms with Crippen molar-refractivity contribution in [1.29, 1.82) is 0 Å². The molecular formula is C14H27NO3S. The van der Waals surface area contributed by atoms with Crippen LogP contribution >= 0.6 is 0 Å². The molecule has 1 heterocycles. The maximum absolute atomic E-state index is 11.6. The molecular weight excluding hydrogens is 262 g/mol. The van der Waals surface area contributed by atoms with Crippen LogP contribution in [0.15, 0.2) is 0 Å². The minimum absolute atomic E-state index is 0.0810. The van der Waals surface area contributed by atoms with Gasteiger partial charge in [-0.25, -0.2) is 8.42 Å². The van der Waals surface area contributed by atoms with Gasteiger partial charge < -0.3 is 5.11 Å². The summed E-state index contributed by atoms with van der Waals surface area (Å²) >= 11 is 0. The van der Waals surface area contributed by atoms with Crippen LogP contribution < -0.4 is 0 Å². The van der Waals surface area contributed by atoms with Crippen LogP contribution in [0.4, 0.5) is 0 Å². The van der Waals surface area contributed by atoms with Gasteiger partial charge in [0, 0.05) is 25.0 Å². The molecule has 5 atom stereocenters. The van der Waals surface area contributed by atoms with Crippen LogP contribution in [0, 0.1) is 17.8 Å². The third kappa shape index (κ3) is 3.70. The lowest BCUT2D eigenvalue weighted by Crippen LogP contribution is -2.51. The van der Waals surface area contributed by atoms with Crippen molar-refractivity contribution in [1.82, 2.24) is 4.90 Å². The maximum Gasteiger partial charge on any atom is 0.153 e. The number of sulfone groups is 1. The molecule has 2 fully saturated rings. The Morgan fingerprint density at radius 2 is 1.89 bits per heavy atom. The smallest absolute Gasteiger partial charge is 0.153 e. The second-order valence-corrected chi connectivity index (χ2v) is 8.97. The summed E-state index contributed by atoms with van der Waals surface area (Å²) in [6.07, 6.45) is 1.82. The highest BCUT2D eigenvalue weighted by Crippen LogP contribution is 2.34. The molecule has 0 aromatic rings. The van der Waals surface area contributed by atoms with E-state index in [0.717, 1.165) is 13.0 Å². The lowest BCUT2D eigenvalue weighted by Gasteiger charge is -2.42. The standard InChI is InChI=1S/C14H27NO3S/c1-10-6-11(2)13(14(16)7-10)8-15-4-5-19(17,18)9-12(15)3/h10-14,16H,4-9H2,1-3H3. The molecule has 0 aromatic carbocycles. The number of nitrogens with zero attached hydrogens (tertiary/aromatic N) is 1. The van der Waals surface area contributed by atoms with Gasteiger partial charge in [0.1, 0.15) is 0 Å². The van der Waals surface area contributed by atoms with Crippen molar-refractivity contribution in [2.24, 2.45) is 17.8 Å². The SMILES string of the molecule is CC1CC(C)C(CN2CCS(=O)(=O)CC2C)C(O)C1. The predicted molar refractivity (Wildman–Crippen MR) is 76.7 cm³/mol. The molecule has 0 bridgehead atoms. The van der Waals surface area contributed by atoms with Gasteiger partial charge in [-0.05, 0) is 31.6 Å². The summed E-state index contributed by atoms with van der Waals surface area (Å²) in [5.74, 6) is 1.94. The molecule has 1 saturated heterocycles. The van der Waals surface area contributed by atoms with Gasteiger partial charge in [0.2, 0.25) is 0 Å². The minimum atomic E-state index is -2.85. The Labute approximate surface area is 117 Å². The van der Waals surface area contributed by atoms with E-state index >= 15 is 0 Å². The summed E-state index contributed by atoms with van der Waals surface area (Å²) in [4.78, 5) is 2.25. The topological polar surface area (TPSA) is 57.6 Å². The molecule has 112 valence electrons. The van der Waals surface area contributed by atoms with Gasteiger partial charge >= 0.3 is 0 Å². The molecule has 0 spiro atoms. The highest BCUT2D eigenvalue weighted by molar-refractivity contribution is 7.91. The Morgan fingerprint density at radius 1 is 1.21 bits per heavy atom. The van der Waals surface area contributed by atoms with Crippen molar-refractivity contribution in [3.05, 3.63) is 0 Å². The molecule has 0 aromatic heterocycles. The van der Waals surface area contributed by atoms with Crippen LogP contribution in [-0.4, -0.2) is 55.2 Å². The van der Waals surface area contributed by atoms with Crippen molar-refractivity contribution >= 4 is 9.84 Å². The average Bonchev–Trinajstić information content (AvgIpc) is 2.24. The van der Waals surface area contributed by atoms with Crippen LogP contribution in [0.5, 0.6) is 0 Å². The molecule has 19 heavy (non-hydrogen) atoms. The molecule has 2 rings (SSSR count). The zero-order valence-corrected chi connectivity index (χ0v) is 13.1. The summed E-state index contributed by atoms with van der Waals surface area (Å²) in [6.45, 7) is 7.86. The zero-order chi connectivity index (χ0) is 14.2. The normalized spacial score (nSPS) is 44.1. The second kappa shape index (κ2) is 5.70. The van der Waals surface area contributed by atoms with E-state index in [4.69, 9.17) is 0 Å². The van der Waals surface area contributed by atoms with Crippen LogP contribution in [0.25, 0.3) is 0 Å². The third-order valence-electron chi connectivity index (χ3n) is 4.90. The van der Waals surface area contributed by atoms with E-state index in [1.807, 2.05) is 6.92 Å². The number of rotatable bonds is 2. The lowest BCUT2D eigenvalue weighted by molar-refractivity contribution is -0.00610. The van der Waals surface area contributed by atoms with Gasteiger partial charge in [0.15, 0.2) is 9.84 Å². The molecule has 1 N–H and O–H groups in total. The Hall–Kier alpha value is -0.130. The highest BCUT2D eigenvalue weighted by Gasteiger charge is 2.36. The summed E-state index contributed by atoms with van der Waals surface area (Å²) < 4.78 is 23.2. The molecule has 4 nitrogen and oxygen atoms in total. The molecule has 0 radical (unpaired) electrons. The van der Waals surface area contributed by atoms with Gasteiger partial charge in [0.05, 0.1) is 17.6 Å². The van der Waals surface area contributed by atoms with Crippen LogP contribution in [0.2, 0.25) is 0 Å². The summed E-state index contributed by atoms with van der Waals surface area (Å²) in [7, 11) is -2.85. The Bertz CT molecular complexity index is 397. The van der Waals surface area contributed by atoms with E-state index in [1.165, 1.54) is 6.42 Å². The first-order chi connectivity index (χ1) is 8.78. The molecule has 1 aliphatic heterocycles. The van der Waals surface area contributed by atoms with Gasteiger partial charge in [-0.3, -0.25) is 4.90 Å². The van der Waals surface area contributed by atoms with Crippen molar-refractivity contribution in [2.75, 3.05) is 24.6 Å². The van der Waals surface area contributed by atoms with Gasteiger partial charge in [-0.1, -0.05) is 13.8 Å². The maximum atomic E-state index is 11.6. The fraction of sp³-hybridized carbons (Fsp3) is 1.00. The Morgan fingerprint density at radius 3 is 2.47 bits per heavy atom. The van der Waals surface area contributed by atoms with Crippen molar-refractivity contribution in [3.8, 4) is 0 Å². The van der Waals surface area contributed by atoms with Crippen LogP contribution in [0.1, 0.15) is 33.6 Å². The molecule has 1 aliphatic carbocycles. The summed E-state index contributed by atoms with van der Waals surface area (Å²) in [5.41, 5.74) is 0. The fourth-order valence-electron chi connectivity index (χ4n) is 3.75. The first-order valence-electron chi connectivity index (χ1n) is 7.41. The van der Waals surface area contributed by atoms with Gasteiger partial charge in [-0.2, -0.15) is 0 Å². The van der Waals surface area contributed by atoms with Gasteiger partial charge in [-0.15, -0.1) is 0 Å². The molecule has 5 heteroatoms. The lowest BCUT2D eigenvalue weighted by atomic mass is 9.73. The summed E-state index contributed by atoms with van der Waals surface area (Å²) in [5, 5.41) is 10.3. The van der Waals surface area contributed by atoms with Crippen molar-refractivity contribution in [3.63, 3.8) is 0 Å². The Kier molecular flexibility index (Phi) is 4.58. The largest absolute Gasteiger partial charge is 0.393 e. The molecule has 1 saturated carbocycles.